The summed E-state index contributed by atoms with van der Waals surface area (Å²) in [6.07, 6.45) is -0.658. The van der Waals surface area contributed by atoms with Crippen molar-refractivity contribution in [2.24, 2.45) is 0 Å². The summed E-state index contributed by atoms with van der Waals surface area (Å²) in [5.74, 6) is -0.111. The van der Waals surface area contributed by atoms with E-state index in [4.69, 9.17) is 0 Å². The van der Waals surface area contributed by atoms with E-state index in [1.807, 2.05) is 66.5 Å². The van der Waals surface area contributed by atoms with Crippen molar-refractivity contribution < 1.29 is 19.4 Å². The van der Waals surface area contributed by atoms with Crippen molar-refractivity contribution in [1.29, 1.82) is 0 Å². The number of rotatable bonds is 5. The first-order chi connectivity index (χ1) is 18.9. The molecule has 0 spiro atoms. The van der Waals surface area contributed by atoms with Gasteiger partial charge in [-0.05, 0) is 48.5 Å². The molecule has 1 aliphatic rings. The van der Waals surface area contributed by atoms with Crippen LogP contribution in [0.2, 0.25) is 0 Å². The molecule has 2 amide bonds. The molecule has 3 N–H and O–H groups in total. The first-order valence-electron chi connectivity index (χ1n) is 12.3. The molecule has 1 aromatic heterocycles. The molecule has 0 fully saturated rings. The third kappa shape index (κ3) is 3.96. The molecular formula is C30H25N5O4. The molecule has 1 atom stereocenters. The molecule has 4 aromatic carbocycles. The van der Waals surface area contributed by atoms with Crippen LogP contribution in [-0.2, 0) is 10.5 Å². The van der Waals surface area contributed by atoms with E-state index in [-0.39, 0.29) is 11.9 Å². The monoisotopic (exact) mass is 519 g/mol. The molecular weight excluding hydrogens is 494 g/mol. The van der Waals surface area contributed by atoms with E-state index in [9.17, 15) is 14.7 Å². The van der Waals surface area contributed by atoms with E-state index in [0.29, 0.717) is 33.4 Å². The molecule has 1 unspecified atom stereocenters. The molecule has 194 valence electrons. The van der Waals surface area contributed by atoms with Gasteiger partial charge in [-0.25, -0.2) is 9.78 Å². The Hall–Kier alpha value is -5.15. The van der Waals surface area contributed by atoms with Gasteiger partial charge in [-0.3, -0.25) is 15.0 Å². The van der Waals surface area contributed by atoms with Crippen LogP contribution in [0.4, 0.5) is 27.8 Å². The number of nitrogens with one attached hydrogen (secondary N) is 2. The number of carbonyl (C=O) groups excluding carboxylic acids is 2. The second kappa shape index (κ2) is 9.30. The number of aliphatic hydroxyl groups is 1. The second-order valence-corrected chi connectivity index (χ2v) is 9.21. The maximum absolute atomic E-state index is 13.8. The van der Waals surface area contributed by atoms with Crippen LogP contribution in [0.15, 0.2) is 97.1 Å². The van der Waals surface area contributed by atoms with Gasteiger partial charge in [0.2, 0.25) is 5.95 Å². The van der Waals surface area contributed by atoms with Gasteiger partial charge in [0.05, 0.1) is 18.1 Å². The zero-order valence-electron chi connectivity index (χ0n) is 21.3. The van der Waals surface area contributed by atoms with E-state index in [1.54, 1.807) is 42.5 Å². The lowest BCUT2D eigenvalue weighted by atomic mass is 9.93. The second-order valence-electron chi connectivity index (χ2n) is 9.21. The van der Waals surface area contributed by atoms with Crippen molar-refractivity contribution in [3.8, 4) is 0 Å². The normalized spacial score (nSPS) is 16.3. The van der Waals surface area contributed by atoms with Crippen LogP contribution in [0.25, 0.3) is 11.0 Å². The predicted molar refractivity (Wildman–Crippen MR) is 149 cm³/mol. The Balaban J connectivity index is 1.47. The number of para-hydroxylation sites is 1. The third-order valence-corrected chi connectivity index (χ3v) is 6.97. The molecule has 5 aromatic rings. The number of carbonyl (C=O) groups is 2. The van der Waals surface area contributed by atoms with Crippen LogP contribution in [0.1, 0.15) is 21.5 Å². The van der Waals surface area contributed by atoms with Gasteiger partial charge in [0.1, 0.15) is 0 Å². The summed E-state index contributed by atoms with van der Waals surface area (Å²) in [5.41, 5.74) is 3.05. The number of H-pyrrole nitrogens is 1. The van der Waals surface area contributed by atoms with E-state index < -0.39 is 11.8 Å². The fourth-order valence-corrected chi connectivity index (χ4v) is 5.02. The molecule has 39 heavy (non-hydrogen) atoms. The number of hydrogen-bond donors (Lipinski definition) is 3. The van der Waals surface area contributed by atoms with Gasteiger partial charge in [-0.1, -0.05) is 48.5 Å². The van der Waals surface area contributed by atoms with Crippen molar-refractivity contribution in [2.45, 2.75) is 5.72 Å². The molecule has 6 rings (SSSR count). The van der Waals surface area contributed by atoms with Gasteiger partial charge in [0.25, 0.3) is 5.91 Å². The number of ether oxygens (including phenoxy) is 1. The fraction of sp³-hybridized carbons (Fsp3) is 0.100. The van der Waals surface area contributed by atoms with Gasteiger partial charge in [-0.15, -0.1) is 0 Å². The maximum Gasteiger partial charge on any atom is 0.413 e. The Morgan fingerprint density at radius 3 is 2.51 bits per heavy atom. The molecule has 1 aliphatic heterocycles. The summed E-state index contributed by atoms with van der Waals surface area (Å²) in [5, 5.41) is 15.0. The molecule has 9 nitrogen and oxygen atoms in total. The lowest BCUT2D eigenvalue weighted by molar-refractivity contribution is 0.0704. The zero-order chi connectivity index (χ0) is 27.1. The van der Waals surface area contributed by atoms with E-state index in [1.165, 1.54) is 12.0 Å². The summed E-state index contributed by atoms with van der Waals surface area (Å²) in [7, 11) is 3.22. The van der Waals surface area contributed by atoms with E-state index in [2.05, 4.69) is 20.0 Å². The predicted octanol–water partition coefficient (Wildman–Crippen LogP) is 5.36. The Bertz CT molecular complexity index is 1720. The lowest BCUT2D eigenvalue weighted by Crippen LogP contribution is -2.45. The average Bonchev–Trinajstić information content (AvgIpc) is 3.48. The summed E-state index contributed by atoms with van der Waals surface area (Å²) in [4.78, 5) is 36.3. The standard InChI is InChI=1S/C30H25N5O4/c1-34(20-9-4-3-5-10-20)21-11-8-12-22(18-21)35-27(36)23-13-6-7-14-24(23)30(35,38)19-15-16-25-26(17-19)32-28(31-25)33-29(37)39-2/h3-18,38H,1-2H3,(H2,31,32,33,37). The summed E-state index contributed by atoms with van der Waals surface area (Å²) in [6.45, 7) is 0. The molecule has 0 bridgehead atoms. The van der Waals surface area contributed by atoms with Crippen molar-refractivity contribution in [3.05, 3.63) is 114 Å². The minimum Gasteiger partial charge on any atom is -0.453 e. The highest BCUT2D eigenvalue weighted by molar-refractivity contribution is 6.12. The molecule has 0 radical (unpaired) electrons. The Morgan fingerprint density at radius 1 is 0.974 bits per heavy atom. The number of anilines is 4. The largest absolute Gasteiger partial charge is 0.453 e. The maximum atomic E-state index is 13.8. The molecule has 0 saturated heterocycles. The van der Waals surface area contributed by atoms with Crippen molar-refractivity contribution >= 4 is 46.0 Å². The molecule has 0 saturated carbocycles. The fourth-order valence-electron chi connectivity index (χ4n) is 5.02. The van der Waals surface area contributed by atoms with Crippen molar-refractivity contribution in [2.75, 3.05) is 29.3 Å². The Morgan fingerprint density at radius 2 is 1.72 bits per heavy atom. The molecule has 9 heteroatoms. The van der Waals surface area contributed by atoms with Gasteiger partial charge >= 0.3 is 6.09 Å². The van der Waals surface area contributed by atoms with Crippen LogP contribution < -0.4 is 15.1 Å². The number of nitrogens with zero attached hydrogens (tertiary/aromatic N) is 3. The first kappa shape index (κ1) is 24.2. The number of aromatic amines is 1. The Kier molecular flexibility index (Phi) is 5.77. The lowest BCUT2D eigenvalue weighted by Gasteiger charge is -2.35. The van der Waals surface area contributed by atoms with Crippen molar-refractivity contribution in [1.82, 2.24) is 9.97 Å². The highest BCUT2D eigenvalue weighted by atomic mass is 16.5. The SMILES string of the molecule is COC(=O)Nc1nc2cc(C3(O)c4ccccc4C(=O)N3c3cccc(N(C)c4ccccc4)c3)ccc2[nH]1. The first-order valence-corrected chi connectivity index (χ1v) is 12.3. The number of benzene rings is 4. The quantitative estimate of drug-likeness (QED) is 0.288. The number of amides is 2. The average molecular weight is 520 g/mol. The minimum absolute atomic E-state index is 0.206. The van der Waals surface area contributed by atoms with Crippen LogP contribution in [0.5, 0.6) is 0 Å². The van der Waals surface area contributed by atoms with Gasteiger partial charge in [-0.2, -0.15) is 0 Å². The van der Waals surface area contributed by atoms with E-state index in [0.717, 1.165) is 11.4 Å². The van der Waals surface area contributed by atoms with Crippen LogP contribution in [0.3, 0.4) is 0 Å². The van der Waals surface area contributed by atoms with Crippen LogP contribution >= 0.6 is 0 Å². The molecule has 2 heterocycles. The van der Waals surface area contributed by atoms with Crippen molar-refractivity contribution in [3.63, 3.8) is 0 Å². The third-order valence-electron chi connectivity index (χ3n) is 6.97. The Labute approximate surface area is 224 Å². The minimum atomic E-state index is -1.80. The van der Waals surface area contributed by atoms with Gasteiger partial charge in [0.15, 0.2) is 5.72 Å². The number of hydrogen-bond acceptors (Lipinski definition) is 6. The highest BCUT2D eigenvalue weighted by Crippen LogP contribution is 2.46. The van der Waals surface area contributed by atoms with Gasteiger partial charge < -0.3 is 19.7 Å². The number of imidazole rings is 1. The van der Waals surface area contributed by atoms with Crippen LogP contribution in [-0.4, -0.2) is 41.2 Å². The van der Waals surface area contributed by atoms with Crippen LogP contribution in [0, 0.1) is 0 Å². The number of methoxy groups -OCH3 is 1. The highest BCUT2D eigenvalue weighted by Gasteiger charge is 2.50. The summed E-state index contributed by atoms with van der Waals surface area (Å²) in [6, 6.07) is 29.6. The van der Waals surface area contributed by atoms with E-state index >= 15 is 0 Å². The van der Waals surface area contributed by atoms with Gasteiger partial charge in [0, 0.05) is 40.8 Å². The number of fused-ring (bicyclic) bond motifs is 2. The summed E-state index contributed by atoms with van der Waals surface area (Å²) < 4.78 is 4.64. The molecule has 0 aliphatic carbocycles. The topological polar surface area (TPSA) is 111 Å². The zero-order valence-corrected chi connectivity index (χ0v) is 21.3. The summed E-state index contributed by atoms with van der Waals surface area (Å²) >= 11 is 0. The smallest absolute Gasteiger partial charge is 0.413 e. The number of aromatic nitrogens is 2.